The van der Waals surface area contributed by atoms with Crippen molar-refractivity contribution in [2.45, 2.75) is 33.6 Å². The molecule has 0 radical (unpaired) electrons. The second-order valence-corrected chi connectivity index (χ2v) is 5.52. The summed E-state index contributed by atoms with van der Waals surface area (Å²) in [7, 11) is 1.63. The average Bonchev–Trinajstić information content (AvgIpc) is 2.35. The number of hydrogen-bond acceptors (Lipinski definition) is 3. The van der Waals surface area contributed by atoms with Gasteiger partial charge in [-0.25, -0.2) is 0 Å². The van der Waals surface area contributed by atoms with Gasteiger partial charge in [-0.2, -0.15) is 0 Å². The lowest BCUT2D eigenvalue weighted by Gasteiger charge is -2.17. The van der Waals surface area contributed by atoms with Crippen molar-refractivity contribution >= 4 is 5.78 Å². The number of carbonyl (C=O) groups is 1. The van der Waals surface area contributed by atoms with Crippen LogP contribution in [0.4, 0.5) is 0 Å². The molecule has 0 aliphatic heterocycles. The van der Waals surface area contributed by atoms with Crippen LogP contribution in [-0.4, -0.2) is 19.4 Å². The third kappa shape index (κ3) is 4.67. The number of Topliss-reactive ketones (excluding diaryl/α,β-unsaturated/α-hetero) is 1. The summed E-state index contributed by atoms with van der Waals surface area (Å²) in [6.07, 6.45) is 1.25. The third-order valence-electron chi connectivity index (χ3n) is 3.30. The van der Waals surface area contributed by atoms with Crippen molar-refractivity contribution in [2.24, 2.45) is 17.6 Å². The summed E-state index contributed by atoms with van der Waals surface area (Å²) in [6, 6.07) is 5.92. The number of aryl methyl sites for hydroxylation is 1. The van der Waals surface area contributed by atoms with E-state index in [1.807, 2.05) is 25.1 Å². The summed E-state index contributed by atoms with van der Waals surface area (Å²) in [6.45, 7) is 6.67. The minimum atomic E-state index is -0.0507. The molecular weight excluding hydrogens is 238 g/mol. The van der Waals surface area contributed by atoms with Gasteiger partial charge in [-0.05, 0) is 25.3 Å². The highest BCUT2D eigenvalue weighted by Crippen LogP contribution is 2.22. The molecule has 2 N–H and O–H groups in total. The van der Waals surface area contributed by atoms with Crippen LogP contribution < -0.4 is 10.5 Å². The van der Waals surface area contributed by atoms with E-state index in [0.29, 0.717) is 18.9 Å². The minimum absolute atomic E-state index is 0.0507. The second-order valence-electron chi connectivity index (χ2n) is 5.52. The maximum atomic E-state index is 12.3. The van der Waals surface area contributed by atoms with Crippen LogP contribution in [0.3, 0.4) is 0 Å². The Morgan fingerprint density at radius 2 is 2.05 bits per heavy atom. The van der Waals surface area contributed by atoms with Gasteiger partial charge in [-0.15, -0.1) is 0 Å². The van der Waals surface area contributed by atoms with E-state index >= 15 is 0 Å². The molecule has 0 aliphatic rings. The Kier molecular flexibility index (Phi) is 6.03. The first-order chi connectivity index (χ1) is 8.97. The lowest BCUT2D eigenvalue weighted by atomic mass is 9.90. The summed E-state index contributed by atoms with van der Waals surface area (Å²) < 4.78 is 5.31. The van der Waals surface area contributed by atoms with Crippen LogP contribution in [0.25, 0.3) is 0 Å². The Labute approximate surface area is 116 Å². The molecule has 0 fully saturated rings. The molecule has 0 saturated carbocycles. The standard InChI is InChI=1S/C16H25NO2/c1-11(2)7-14(10-17)15(18)9-13-8-12(3)5-6-16(13)19-4/h5-6,8,11,14H,7,9-10,17H2,1-4H3. The number of ketones is 1. The molecule has 0 heterocycles. The SMILES string of the molecule is COc1ccc(C)cc1CC(=O)C(CN)CC(C)C. The molecule has 0 aromatic heterocycles. The van der Waals surface area contributed by atoms with Crippen molar-refractivity contribution in [1.82, 2.24) is 0 Å². The van der Waals surface area contributed by atoms with Crippen LogP contribution in [0, 0.1) is 18.8 Å². The van der Waals surface area contributed by atoms with E-state index < -0.39 is 0 Å². The van der Waals surface area contributed by atoms with Gasteiger partial charge in [-0.3, -0.25) is 4.79 Å². The fourth-order valence-electron chi connectivity index (χ4n) is 2.31. The zero-order chi connectivity index (χ0) is 14.4. The predicted molar refractivity (Wildman–Crippen MR) is 78.4 cm³/mol. The molecule has 106 valence electrons. The van der Waals surface area contributed by atoms with E-state index in [1.54, 1.807) is 7.11 Å². The van der Waals surface area contributed by atoms with Gasteiger partial charge in [0.15, 0.2) is 0 Å². The molecule has 3 heteroatoms. The van der Waals surface area contributed by atoms with Gasteiger partial charge in [-0.1, -0.05) is 31.5 Å². The van der Waals surface area contributed by atoms with Crippen LogP contribution >= 0.6 is 0 Å². The minimum Gasteiger partial charge on any atom is -0.496 e. The fourth-order valence-corrected chi connectivity index (χ4v) is 2.31. The summed E-state index contributed by atoms with van der Waals surface area (Å²) in [5.41, 5.74) is 7.81. The predicted octanol–water partition coefficient (Wildman–Crippen LogP) is 2.74. The van der Waals surface area contributed by atoms with E-state index in [2.05, 4.69) is 13.8 Å². The van der Waals surface area contributed by atoms with Crippen LogP contribution in [0.15, 0.2) is 18.2 Å². The lowest BCUT2D eigenvalue weighted by molar-refractivity contribution is -0.122. The number of benzene rings is 1. The number of hydrogen-bond donors (Lipinski definition) is 1. The number of nitrogens with two attached hydrogens (primary N) is 1. The topological polar surface area (TPSA) is 52.3 Å². The zero-order valence-corrected chi connectivity index (χ0v) is 12.4. The number of methoxy groups -OCH3 is 1. The third-order valence-corrected chi connectivity index (χ3v) is 3.30. The summed E-state index contributed by atoms with van der Waals surface area (Å²) >= 11 is 0. The van der Waals surface area contributed by atoms with Gasteiger partial charge in [0, 0.05) is 24.4 Å². The summed E-state index contributed by atoms with van der Waals surface area (Å²) in [5, 5.41) is 0. The van der Waals surface area contributed by atoms with E-state index in [0.717, 1.165) is 23.3 Å². The molecule has 19 heavy (non-hydrogen) atoms. The molecule has 1 atom stereocenters. The number of ether oxygens (including phenoxy) is 1. The Bertz CT molecular complexity index is 427. The highest BCUT2D eigenvalue weighted by Gasteiger charge is 2.19. The first-order valence-corrected chi connectivity index (χ1v) is 6.84. The zero-order valence-electron chi connectivity index (χ0n) is 12.4. The molecule has 1 rings (SSSR count). The molecular formula is C16H25NO2. The first-order valence-electron chi connectivity index (χ1n) is 6.84. The fraction of sp³-hybridized carbons (Fsp3) is 0.562. The largest absolute Gasteiger partial charge is 0.496 e. The van der Waals surface area contributed by atoms with Gasteiger partial charge in [0.25, 0.3) is 0 Å². The maximum Gasteiger partial charge on any atom is 0.141 e. The normalized spacial score (nSPS) is 12.5. The molecule has 3 nitrogen and oxygen atoms in total. The van der Waals surface area contributed by atoms with Crippen LogP contribution in [-0.2, 0) is 11.2 Å². The van der Waals surface area contributed by atoms with Gasteiger partial charge in [0.2, 0.25) is 0 Å². The molecule has 0 spiro atoms. The maximum absolute atomic E-state index is 12.3. The second kappa shape index (κ2) is 7.29. The summed E-state index contributed by atoms with van der Waals surface area (Å²) in [4.78, 5) is 12.3. The van der Waals surface area contributed by atoms with E-state index in [1.165, 1.54) is 0 Å². The number of carbonyl (C=O) groups excluding carboxylic acids is 1. The van der Waals surface area contributed by atoms with Crippen LogP contribution in [0.5, 0.6) is 5.75 Å². The van der Waals surface area contributed by atoms with Crippen molar-refractivity contribution in [3.8, 4) is 5.75 Å². The van der Waals surface area contributed by atoms with Gasteiger partial charge >= 0.3 is 0 Å². The average molecular weight is 263 g/mol. The Balaban J connectivity index is 2.83. The van der Waals surface area contributed by atoms with Crippen molar-refractivity contribution in [3.63, 3.8) is 0 Å². The molecule has 0 bridgehead atoms. The first kappa shape index (κ1) is 15.7. The molecule has 0 aliphatic carbocycles. The molecule has 1 unspecified atom stereocenters. The monoisotopic (exact) mass is 263 g/mol. The van der Waals surface area contributed by atoms with Gasteiger partial charge in [0.05, 0.1) is 7.11 Å². The smallest absolute Gasteiger partial charge is 0.141 e. The molecule has 0 amide bonds. The molecule has 1 aromatic rings. The number of rotatable bonds is 7. The van der Waals surface area contributed by atoms with Crippen molar-refractivity contribution in [2.75, 3.05) is 13.7 Å². The van der Waals surface area contributed by atoms with Crippen molar-refractivity contribution < 1.29 is 9.53 Å². The Hall–Kier alpha value is -1.35. The van der Waals surface area contributed by atoms with E-state index in [4.69, 9.17) is 10.5 Å². The van der Waals surface area contributed by atoms with Gasteiger partial charge in [0.1, 0.15) is 11.5 Å². The lowest BCUT2D eigenvalue weighted by Crippen LogP contribution is -2.26. The molecule has 0 saturated heterocycles. The van der Waals surface area contributed by atoms with Crippen LogP contribution in [0.2, 0.25) is 0 Å². The Morgan fingerprint density at radius 3 is 2.58 bits per heavy atom. The molecule has 1 aromatic carbocycles. The highest BCUT2D eigenvalue weighted by atomic mass is 16.5. The Morgan fingerprint density at radius 1 is 1.37 bits per heavy atom. The van der Waals surface area contributed by atoms with E-state index in [-0.39, 0.29) is 11.7 Å². The highest BCUT2D eigenvalue weighted by molar-refractivity contribution is 5.84. The van der Waals surface area contributed by atoms with Crippen LogP contribution in [0.1, 0.15) is 31.4 Å². The van der Waals surface area contributed by atoms with Crippen molar-refractivity contribution in [3.05, 3.63) is 29.3 Å². The van der Waals surface area contributed by atoms with Crippen molar-refractivity contribution in [1.29, 1.82) is 0 Å². The quantitative estimate of drug-likeness (QED) is 0.823. The van der Waals surface area contributed by atoms with Gasteiger partial charge < -0.3 is 10.5 Å². The van der Waals surface area contributed by atoms with E-state index in [9.17, 15) is 4.79 Å². The summed E-state index contributed by atoms with van der Waals surface area (Å²) in [5.74, 6) is 1.42.